The van der Waals surface area contributed by atoms with E-state index in [1.807, 2.05) is 11.0 Å². The number of carbonyl (C=O) groups excluding carboxylic acids is 1. The predicted octanol–water partition coefficient (Wildman–Crippen LogP) is 1.49. The lowest BCUT2D eigenvalue weighted by Gasteiger charge is -2.45. The van der Waals surface area contributed by atoms with Gasteiger partial charge in [0, 0.05) is 25.2 Å². The SMILES string of the molecule is CN1CCN(C(=O)COc2ccc(C#N)cc2)CC1(C)C. The summed E-state index contributed by atoms with van der Waals surface area (Å²) in [6.45, 7) is 6.61. The standard InChI is InChI=1S/C16H21N3O2/c1-16(2)12-19(9-8-18(16)3)15(20)11-21-14-6-4-13(10-17)5-7-14/h4-7H,8-9,11-12H2,1-3H3. The van der Waals surface area contributed by atoms with E-state index in [4.69, 9.17) is 10.00 Å². The minimum atomic E-state index is -0.0116. The van der Waals surface area contributed by atoms with Gasteiger partial charge in [-0.1, -0.05) is 0 Å². The Hall–Kier alpha value is -2.06. The van der Waals surface area contributed by atoms with E-state index < -0.39 is 0 Å². The molecule has 5 nitrogen and oxygen atoms in total. The molecule has 0 aromatic heterocycles. The molecule has 1 aromatic carbocycles. The average Bonchev–Trinajstić information content (AvgIpc) is 2.48. The number of piperazine rings is 1. The third-order valence-corrected chi connectivity index (χ3v) is 4.01. The molecule has 1 amide bonds. The molecule has 2 rings (SSSR count). The zero-order valence-corrected chi connectivity index (χ0v) is 12.8. The van der Waals surface area contributed by atoms with Crippen molar-refractivity contribution in [1.29, 1.82) is 5.26 Å². The second kappa shape index (κ2) is 6.15. The first-order valence-corrected chi connectivity index (χ1v) is 7.04. The van der Waals surface area contributed by atoms with Crippen LogP contribution in [0.15, 0.2) is 24.3 Å². The summed E-state index contributed by atoms with van der Waals surface area (Å²) >= 11 is 0. The number of nitriles is 1. The zero-order valence-electron chi connectivity index (χ0n) is 12.8. The van der Waals surface area contributed by atoms with E-state index in [0.29, 0.717) is 17.9 Å². The fraction of sp³-hybridized carbons (Fsp3) is 0.500. The lowest BCUT2D eigenvalue weighted by molar-refractivity contribution is -0.137. The first-order valence-electron chi connectivity index (χ1n) is 7.04. The van der Waals surface area contributed by atoms with Gasteiger partial charge in [-0.25, -0.2) is 0 Å². The fourth-order valence-corrected chi connectivity index (χ4v) is 2.32. The number of amides is 1. The molecular weight excluding hydrogens is 266 g/mol. The Kier molecular flexibility index (Phi) is 4.49. The number of likely N-dealkylation sites (N-methyl/N-ethyl adjacent to an activating group) is 1. The van der Waals surface area contributed by atoms with Gasteiger partial charge in [0.25, 0.3) is 5.91 Å². The normalized spacial score (nSPS) is 18.1. The van der Waals surface area contributed by atoms with Crippen LogP contribution in [0.1, 0.15) is 19.4 Å². The van der Waals surface area contributed by atoms with Gasteiger partial charge in [-0.05, 0) is 45.2 Å². The van der Waals surface area contributed by atoms with Crippen LogP contribution in [0.25, 0.3) is 0 Å². The van der Waals surface area contributed by atoms with Gasteiger partial charge < -0.3 is 9.64 Å². The molecule has 0 atom stereocenters. The minimum Gasteiger partial charge on any atom is -0.484 e. The lowest BCUT2D eigenvalue weighted by Crippen LogP contribution is -2.59. The van der Waals surface area contributed by atoms with Crippen molar-refractivity contribution in [3.8, 4) is 11.8 Å². The van der Waals surface area contributed by atoms with Crippen molar-refractivity contribution in [2.75, 3.05) is 33.3 Å². The zero-order chi connectivity index (χ0) is 15.5. The molecule has 0 spiro atoms. The summed E-state index contributed by atoms with van der Waals surface area (Å²) in [7, 11) is 2.08. The molecule has 0 aliphatic carbocycles. The Morgan fingerprint density at radius 2 is 2.00 bits per heavy atom. The highest BCUT2D eigenvalue weighted by Gasteiger charge is 2.33. The molecule has 1 aromatic rings. The number of carbonyl (C=O) groups is 1. The number of hydrogen-bond donors (Lipinski definition) is 0. The summed E-state index contributed by atoms with van der Waals surface area (Å²) in [6, 6.07) is 8.82. The Morgan fingerprint density at radius 1 is 1.33 bits per heavy atom. The molecule has 0 N–H and O–H groups in total. The summed E-state index contributed by atoms with van der Waals surface area (Å²) < 4.78 is 5.50. The minimum absolute atomic E-state index is 0.000495. The Balaban J connectivity index is 1.88. The van der Waals surface area contributed by atoms with Gasteiger partial charge in [0.15, 0.2) is 6.61 Å². The van der Waals surface area contributed by atoms with Gasteiger partial charge in [-0.3, -0.25) is 9.69 Å². The second-order valence-corrected chi connectivity index (χ2v) is 5.97. The smallest absolute Gasteiger partial charge is 0.260 e. The first-order chi connectivity index (χ1) is 9.92. The summed E-state index contributed by atoms with van der Waals surface area (Å²) in [4.78, 5) is 16.3. The van der Waals surface area contributed by atoms with Gasteiger partial charge in [0.1, 0.15) is 5.75 Å². The van der Waals surface area contributed by atoms with E-state index in [1.165, 1.54) is 0 Å². The van der Waals surface area contributed by atoms with Crippen LogP contribution in [0, 0.1) is 11.3 Å². The van der Waals surface area contributed by atoms with Crippen LogP contribution in [0.4, 0.5) is 0 Å². The Labute approximate surface area is 125 Å². The molecule has 21 heavy (non-hydrogen) atoms. The molecule has 1 aliphatic rings. The highest BCUT2D eigenvalue weighted by Crippen LogP contribution is 2.19. The molecule has 1 heterocycles. The maximum Gasteiger partial charge on any atom is 0.260 e. The van der Waals surface area contributed by atoms with E-state index in [-0.39, 0.29) is 18.1 Å². The van der Waals surface area contributed by atoms with Crippen LogP contribution in [0.5, 0.6) is 5.75 Å². The highest BCUT2D eigenvalue weighted by molar-refractivity contribution is 5.78. The number of rotatable bonds is 3. The van der Waals surface area contributed by atoms with E-state index in [0.717, 1.165) is 13.1 Å². The molecule has 0 saturated carbocycles. The predicted molar refractivity (Wildman–Crippen MR) is 79.9 cm³/mol. The van der Waals surface area contributed by atoms with Gasteiger partial charge in [-0.2, -0.15) is 5.26 Å². The molecule has 5 heteroatoms. The van der Waals surface area contributed by atoms with Gasteiger partial charge >= 0.3 is 0 Å². The molecule has 1 fully saturated rings. The summed E-state index contributed by atoms with van der Waals surface area (Å²) in [5.74, 6) is 0.608. The van der Waals surface area contributed by atoms with E-state index >= 15 is 0 Å². The van der Waals surface area contributed by atoms with Crippen molar-refractivity contribution in [3.63, 3.8) is 0 Å². The number of ether oxygens (including phenoxy) is 1. The second-order valence-electron chi connectivity index (χ2n) is 5.97. The summed E-state index contributed by atoms with van der Waals surface area (Å²) in [5, 5.41) is 8.73. The van der Waals surface area contributed by atoms with Crippen molar-refractivity contribution >= 4 is 5.91 Å². The summed E-state index contributed by atoms with van der Waals surface area (Å²) in [5.41, 5.74) is 0.567. The van der Waals surface area contributed by atoms with Crippen molar-refractivity contribution in [1.82, 2.24) is 9.80 Å². The molecule has 0 bridgehead atoms. The largest absolute Gasteiger partial charge is 0.484 e. The molecule has 0 radical (unpaired) electrons. The van der Waals surface area contributed by atoms with E-state index in [9.17, 15) is 4.79 Å². The van der Waals surface area contributed by atoms with Crippen LogP contribution < -0.4 is 4.74 Å². The maximum atomic E-state index is 12.2. The third kappa shape index (κ3) is 3.73. The van der Waals surface area contributed by atoms with Crippen LogP contribution in [-0.4, -0.2) is 54.5 Å². The van der Waals surface area contributed by atoms with Crippen LogP contribution in [0.2, 0.25) is 0 Å². The summed E-state index contributed by atoms with van der Waals surface area (Å²) in [6.07, 6.45) is 0. The monoisotopic (exact) mass is 287 g/mol. The van der Waals surface area contributed by atoms with Gasteiger partial charge in [0.2, 0.25) is 0 Å². The van der Waals surface area contributed by atoms with Crippen molar-refractivity contribution in [2.45, 2.75) is 19.4 Å². The Morgan fingerprint density at radius 3 is 2.57 bits per heavy atom. The topological polar surface area (TPSA) is 56.6 Å². The quantitative estimate of drug-likeness (QED) is 0.845. The molecular formula is C16H21N3O2. The van der Waals surface area contributed by atoms with Crippen molar-refractivity contribution < 1.29 is 9.53 Å². The molecule has 1 saturated heterocycles. The Bertz CT molecular complexity index is 546. The van der Waals surface area contributed by atoms with E-state index in [1.54, 1.807) is 24.3 Å². The lowest BCUT2D eigenvalue weighted by atomic mass is 10.00. The van der Waals surface area contributed by atoms with Gasteiger partial charge in [-0.15, -0.1) is 0 Å². The number of benzene rings is 1. The highest BCUT2D eigenvalue weighted by atomic mass is 16.5. The number of nitrogens with zero attached hydrogens (tertiary/aromatic N) is 3. The van der Waals surface area contributed by atoms with Crippen LogP contribution >= 0.6 is 0 Å². The average molecular weight is 287 g/mol. The molecule has 0 unspecified atom stereocenters. The van der Waals surface area contributed by atoms with Gasteiger partial charge in [0.05, 0.1) is 11.6 Å². The van der Waals surface area contributed by atoms with Crippen LogP contribution in [0.3, 0.4) is 0 Å². The van der Waals surface area contributed by atoms with Crippen molar-refractivity contribution in [2.24, 2.45) is 0 Å². The van der Waals surface area contributed by atoms with Crippen LogP contribution in [-0.2, 0) is 4.79 Å². The maximum absolute atomic E-state index is 12.2. The molecule has 112 valence electrons. The molecule has 1 aliphatic heterocycles. The first kappa shape index (κ1) is 15.3. The third-order valence-electron chi connectivity index (χ3n) is 4.01. The fourth-order valence-electron chi connectivity index (χ4n) is 2.32. The van der Waals surface area contributed by atoms with E-state index in [2.05, 4.69) is 25.8 Å². The van der Waals surface area contributed by atoms with Crippen molar-refractivity contribution in [3.05, 3.63) is 29.8 Å². The number of hydrogen-bond acceptors (Lipinski definition) is 4.